The van der Waals surface area contributed by atoms with E-state index in [2.05, 4.69) is 23.1 Å². The molecule has 0 saturated carbocycles. The molecular weight excluding hydrogens is 202 g/mol. The van der Waals surface area contributed by atoms with Crippen LogP contribution in [0.15, 0.2) is 6.07 Å². The topological polar surface area (TPSA) is 41.3 Å². The lowest BCUT2D eigenvalue weighted by atomic mass is 10.00. The minimum atomic E-state index is 0.194. The maximum absolute atomic E-state index is 8.96. The van der Waals surface area contributed by atoms with Gasteiger partial charge in [0, 0.05) is 25.8 Å². The van der Waals surface area contributed by atoms with Crippen LogP contribution >= 0.6 is 0 Å². The zero-order valence-electron chi connectivity index (χ0n) is 10.2. The summed E-state index contributed by atoms with van der Waals surface area (Å²) in [5.74, 6) is 0. The van der Waals surface area contributed by atoms with Crippen molar-refractivity contribution >= 4 is 0 Å². The zero-order valence-corrected chi connectivity index (χ0v) is 10.2. The van der Waals surface area contributed by atoms with E-state index in [4.69, 9.17) is 5.11 Å². The number of aliphatic hydroxyl groups excluding tert-OH is 1. The molecule has 0 spiro atoms. The first-order valence-corrected chi connectivity index (χ1v) is 6.06. The normalized spacial score (nSPS) is 22.6. The Balaban J connectivity index is 2.16. The van der Waals surface area contributed by atoms with Crippen LogP contribution in [0.3, 0.4) is 0 Å². The van der Waals surface area contributed by atoms with Crippen LogP contribution in [-0.2, 0) is 13.5 Å². The third kappa shape index (κ3) is 2.28. The van der Waals surface area contributed by atoms with E-state index >= 15 is 0 Å². The van der Waals surface area contributed by atoms with Crippen molar-refractivity contribution in [1.29, 1.82) is 0 Å². The summed E-state index contributed by atoms with van der Waals surface area (Å²) < 4.78 is 1.90. The molecule has 0 radical (unpaired) electrons. The van der Waals surface area contributed by atoms with Gasteiger partial charge in [0.05, 0.1) is 11.7 Å². The fourth-order valence-corrected chi connectivity index (χ4v) is 2.49. The molecule has 2 rings (SSSR count). The Bertz CT molecular complexity index is 348. The van der Waals surface area contributed by atoms with E-state index in [-0.39, 0.29) is 6.61 Å². The number of aromatic nitrogens is 2. The average molecular weight is 223 g/mol. The fraction of sp³-hybridized carbons (Fsp3) is 0.750. The van der Waals surface area contributed by atoms with Crippen LogP contribution in [0.25, 0.3) is 0 Å². The molecule has 1 atom stereocenters. The lowest BCUT2D eigenvalue weighted by Crippen LogP contribution is -2.29. The molecule has 1 aliphatic heterocycles. The van der Waals surface area contributed by atoms with Crippen molar-refractivity contribution < 1.29 is 5.11 Å². The summed E-state index contributed by atoms with van der Waals surface area (Å²) in [6.45, 7) is 1.36. The summed E-state index contributed by atoms with van der Waals surface area (Å²) in [6, 6.07) is 2.61. The molecule has 1 fully saturated rings. The van der Waals surface area contributed by atoms with Gasteiger partial charge >= 0.3 is 0 Å². The zero-order chi connectivity index (χ0) is 11.5. The molecule has 1 aromatic rings. The van der Waals surface area contributed by atoms with Crippen LogP contribution in [-0.4, -0.2) is 40.0 Å². The fourth-order valence-electron chi connectivity index (χ4n) is 2.49. The molecule has 0 bridgehead atoms. The first-order chi connectivity index (χ1) is 7.72. The van der Waals surface area contributed by atoms with Crippen LogP contribution < -0.4 is 0 Å². The predicted molar refractivity (Wildman–Crippen MR) is 63.2 cm³/mol. The Kier molecular flexibility index (Phi) is 3.61. The Morgan fingerprint density at radius 1 is 1.44 bits per heavy atom. The maximum Gasteiger partial charge on any atom is 0.0798 e. The molecule has 0 aromatic carbocycles. The standard InChI is InChI=1S/C12H21N3O/c1-14-7-4-3-5-12(14)11-9-10(6-8-16)15(2)13-11/h9,12,16H,3-8H2,1-2H3/t12-/m0/s1. The maximum atomic E-state index is 8.96. The van der Waals surface area contributed by atoms with Gasteiger partial charge in [-0.15, -0.1) is 0 Å². The third-order valence-electron chi connectivity index (χ3n) is 3.48. The molecular formula is C12H21N3O. The predicted octanol–water partition coefficient (Wildman–Crippen LogP) is 1.11. The SMILES string of the molecule is CN1CCCC[C@H]1c1cc(CCO)n(C)n1. The van der Waals surface area contributed by atoms with Gasteiger partial charge in [-0.3, -0.25) is 9.58 Å². The van der Waals surface area contributed by atoms with Crippen LogP contribution in [0.5, 0.6) is 0 Å². The summed E-state index contributed by atoms with van der Waals surface area (Å²) >= 11 is 0. The highest BCUT2D eigenvalue weighted by Gasteiger charge is 2.23. The Hall–Kier alpha value is -0.870. The van der Waals surface area contributed by atoms with E-state index in [1.54, 1.807) is 0 Å². The van der Waals surface area contributed by atoms with Gasteiger partial charge in [-0.1, -0.05) is 6.42 Å². The second-order valence-corrected chi connectivity index (χ2v) is 4.65. The van der Waals surface area contributed by atoms with Gasteiger partial charge in [0.15, 0.2) is 0 Å². The van der Waals surface area contributed by atoms with Crippen LogP contribution in [0.2, 0.25) is 0 Å². The number of hydrogen-bond acceptors (Lipinski definition) is 3. The van der Waals surface area contributed by atoms with Gasteiger partial charge in [-0.2, -0.15) is 5.10 Å². The van der Waals surface area contributed by atoms with Crippen molar-refractivity contribution in [3.05, 3.63) is 17.5 Å². The van der Waals surface area contributed by atoms with Gasteiger partial charge in [0.25, 0.3) is 0 Å². The summed E-state index contributed by atoms with van der Waals surface area (Å²) in [5, 5.41) is 13.5. The number of aliphatic hydroxyl groups is 1. The third-order valence-corrected chi connectivity index (χ3v) is 3.48. The molecule has 2 heterocycles. The number of hydrogen-bond donors (Lipinski definition) is 1. The first-order valence-electron chi connectivity index (χ1n) is 6.06. The first kappa shape index (κ1) is 11.6. The number of aryl methyl sites for hydroxylation is 1. The van der Waals surface area contributed by atoms with Crippen LogP contribution in [0.1, 0.15) is 36.7 Å². The molecule has 4 nitrogen and oxygen atoms in total. The second-order valence-electron chi connectivity index (χ2n) is 4.65. The van der Waals surface area contributed by atoms with Crippen molar-refractivity contribution in [2.24, 2.45) is 7.05 Å². The monoisotopic (exact) mass is 223 g/mol. The Morgan fingerprint density at radius 3 is 2.94 bits per heavy atom. The van der Waals surface area contributed by atoms with Gasteiger partial charge in [-0.25, -0.2) is 0 Å². The highest BCUT2D eigenvalue weighted by Crippen LogP contribution is 2.28. The minimum absolute atomic E-state index is 0.194. The van der Waals surface area contributed by atoms with Crippen molar-refractivity contribution in [3.63, 3.8) is 0 Å². The Morgan fingerprint density at radius 2 is 2.25 bits per heavy atom. The highest BCUT2D eigenvalue weighted by atomic mass is 16.3. The van der Waals surface area contributed by atoms with Gasteiger partial charge < -0.3 is 5.11 Å². The highest BCUT2D eigenvalue weighted by molar-refractivity contribution is 5.14. The molecule has 1 saturated heterocycles. The summed E-state index contributed by atoms with van der Waals surface area (Å²) in [4.78, 5) is 2.38. The largest absolute Gasteiger partial charge is 0.396 e. The van der Waals surface area contributed by atoms with E-state index in [0.717, 1.165) is 17.9 Å². The molecule has 16 heavy (non-hydrogen) atoms. The van der Waals surface area contributed by atoms with Crippen molar-refractivity contribution in [3.8, 4) is 0 Å². The lowest BCUT2D eigenvalue weighted by Gasteiger charge is -2.31. The summed E-state index contributed by atoms with van der Waals surface area (Å²) in [6.07, 6.45) is 4.48. The molecule has 1 aromatic heterocycles. The van der Waals surface area contributed by atoms with Gasteiger partial charge in [0.1, 0.15) is 0 Å². The molecule has 0 aliphatic carbocycles. The molecule has 4 heteroatoms. The number of rotatable bonds is 3. The smallest absolute Gasteiger partial charge is 0.0798 e. The van der Waals surface area contributed by atoms with E-state index in [1.165, 1.54) is 19.3 Å². The van der Waals surface area contributed by atoms with E-state index in [9.17, 15) is 0 Å². The molecule has 0 amide bonds. The van der Waals surface area contributed by atoms with Gasteiger partial charge in [-0.05, 0) is 32.5 Å². The van der Waals surface area contributed by atoms with E-state index in [0.29, 0.717) is 12.5 Å². The van der Waals surface area contributed by atoms with E-state index in [1.807, 2.05) is 11.7 Å². The second kappa shape index (κ2) is 4.97. The van der Waals surface area contributed by atoms with Crippen molar-refractivity contribution in [1.82, 2.24) is 14.7 Å². The molecule has 1 N–H and O–H groups in total. The number of likely N-dealkylation sites (tertiary alicyclic amines) is 1. The quantitative estimate of drug-likeness (QED) is 0.834. The van der Waals surface area contributed by atoms with Crippen molar-refractivity contribution in [2.45, 2.75) is 31.7 Å². The number of nitrogens with zero attached hydrogens (tertiary/aromatic N) is 3. The molecule has 90 valence electrons. The lowest BCUT2D eigenvalue weighted by molar-refractivity contribution is 0.183. The number of piperidine rings is 1. The minimum Gasteiger partial charge on any atom is -0.396 e. The van der Waals surface area contributed by atoms with E-state index < -0.39 is 0 Å². The van der Waals surface area contributed by atoms with Crippen LogP contribution in [0, 0.1) is 0 Å². The average Bonchev–Trinajstić information content (AvgIpc) is 2.61. The van der Waals surface area contributed by atoms with Crippen LogP contribution in [0.4, 0.5) is 0 Å². The summed E-state index contributed by atoms with van der Waals surface area (Å²) in [5.41, 5.74) is 2.28. The summed E-state index contributed by atoms with van der Waals surface area (Å²) in [7, 11) is 4.13. The molecule has 0 unspecified atom stereocenters. The van der Waals surface area contributed by atoms with Gasteiger partial charge in [0.2, 0.25) is 0 Å². The molecule has 1 aliphatic rings. The van der Waals surface area contributed by atoms with Crippen molar-refractivity contribution in [2.75, 3.05) is 20.2 Å². The Labute approximate surface area is 96.9 Å².